The number of hydrogen-bond acceptors (Lipinski definition) is 1. The fourth-order valence-corrected chi connectivity index (χ4v) is 1.28. The van der Waals surface area contributed by atoms with Gasteiger partial charge in [-0.2, -0.15) is 0 Å². The first-order valence-corrected chi connectivity index (χ1v) is 5.13. The van der Waals surface area contributed by atoms with Crippen molar-refractivity contribution in [3.63, 3.8) is 0 Å². The topological polar surface area (TPSA) is 12.0 Å². The van der Waals surface area contributed by atoms with Crippen molar-refractivity contribution in [3.8, 4) is 12.3 Å². The second-order valence-electron chi connectivity index (χ2n) is 3.28. The highest BCUT2D eigenvalue weighted by Gasteiger charge is 1.91. The average molecular weight is 187 g/mol. The second kappa shape index (κ2) is 6.10. The molecule has 0 heterocycles. The lowest BCUT2D eigenvalue weighted by atomic mass is 10.1. The molecule has 0 atom stereocenters. The van der Waals surface area contributed by atoms with E-state index in [2.05, 4.69) is 42.4 Å². The molecule has 0 amide bonds. The zero-order chi connectivity index (χ0) is 10.2. The van der Waals surface area contributed by atoms with Gasteiger partial charge in [0.15, 0.2) is 0 Å². The van der Waals surface area contributed by atoms with Gasteiger partial charge in [-0.1, -0.05) is 19.1 Å². The van der Waals surface area contributed by atoms with Crippen molar-refractivity contribution >= 4 is 5.69 Å². The van der Waals surface area contributed by atoms with Crippen molar-refractivity contribution < 1.29 is 0 Å². The Bertz CT molecular complexity index is 292. The van der Waals surface area contributed by atoms with E-state index < -0.39 is 0 Å². The maximum atomic E-state index is 5.17. The number of rotatable bonds is 5. The average Bonchev–Trinajstić information content (AvgIpc) is 2.25. The van der Waals surface area contributed by atoms with Crippen LogP contribution < -0.4 is 5.32 Å². The van der Waals surface area contributed by atoms with Crippen LogP contribution >= 0.6 is 0 Å². The summed E-state index contributed by atoms with van der Waals surface area (Å²) in [5, 5.41) is 3.34. The van der Waals surface area contributed by atoms with Gasteiger partial charge >= 0.3 is 0 Å². The number of unbranched alkanes of at least 4 members (excludes halogenated alkanes) is 1. The van der Waals surface area contributed by atoms with Crippen LogP contribution in [0.5, 0.6) is 0 Å². The number of aryl methyl sites for hydroxylation is 1. The predicted octanol–water partition coefficient (Wildman–Crippen LogP) is 3.07. The number of hydrogen-bond donors (Lipinski definition) is 1. The molecule has 0 fully saturated rings. The van der Waals surface area contributed by atoms with Gasteiger partial charge in [0.25, 0.3) is 0 Å². The monoisotopic (exact) mass is 187 g/mol. The van der Waals surface area contributed by atoms with E-state index in [0.717, 1.165) is 25.8 Å². The first kappa shape index (κ1) is 10.7. The molecule has 0 aromatic heterocycles. The van der Waals surface area contributed by atoms with Gasteiger partial charge in [-0.25, -0.2) is 0 Å². The normalized spacial score (nSPS) is 9.43. The minimum absolute atomic E-state index is 0.847. The number of benzene rings is 1. The molecule has 1 aromatic rings. The smallest absolute Gasteiger partial charge is 0.0340 e. The summed E-state index contributed by atoms with van der Waals surface area (Å²) in [6, 6.07) is 8.55. The van der Waals surface area contributed by atoms with Gasteiger partial charge in [0, 0.05) is 18.7 Å². The molecule has 0 spiro atoms. The summed E-state index contributed by atoms with van der Waals surface area (Å²) in [5.41, 5.74) is 2.55. The number of nitrogens with one attached hydrogen (secondary N) is 1. The molecular weight excluding hydrogens is 170 g/mol. The van der Waals surface area contributed by atoms with Gasteiger partial charge in [0.05, 0.1) is 0 Å². The highest BCUT2D eigenvalue weighted by atomic mass is 14.9. The third-order valence-electron chi connectivity index (χ3n) is 2.19. The third-order valence-corrected chi connectivity index (χ3v) is 2.19. The molecule has 1 aromatic carbocycles. The Morgan fingerprint density at radius 2 is 2.00 bits per heavy atom. The van der Waals surface area contributed by atoms with Crippen LogP contribution in [-0.4, -0.2) is 6.54 Å². The summed E-state index contributed by atoms with van der Waals surface area (Å²) in [5.74, 6) is 2.63. The van der Waals surface area contributed by atoms with Crippen LogP contribution in [0.3, 0.4) is 0 Å². The molecule has 0 saturated heterocycles. The summed E-state index contributed by atoms with van der Waals surface area (Å²) in [7, 11) is 0. The number of terminal acetylenes is 1. The van der Waals surface area contributed by atoms with Crippen LogP contribution in [0.4, 0.5) is 5.69 Å². The van der Waals surface area contributed by atoms with Crippen molar-refractivity contribution in [3.05, 3.63) is 29.8 Å². The molecule has 14 heavy (non-hydrogen) atoms. The molecule has 1 nitrogen and oxygen atoms in total. The lowest BCUT2D eigenvalue weighted by Crippen LogP contribution is -2.00. The Morgan fingerprint density at radius 1 is 1.29 bits per heavy atom. The van der Waals surface area contributed by atoms with Gasteiger partial charge in [-0.05, 0) is 30.5 Å². The molecular formula is C13H17N. The second-order valence-corrected chi connectivity index (χ2v) is 3.28. The lowest BCUT2D eigenvalue weighted by molar-refractivity contribution is 0.907. The highest BCUT2D eigenvalue weighted by molar-refractivity contribution is 5.44. The van der Waals surface area contributed by atoms with E-state index in [0.29, 0.717) is 0 Å². The summed E-state index contributed by atoms with van der Waals surface area (Å²) < 4.78 is 0. The summed E-state index contributed by atoms with van der Waals surface area (Å²) in [6.45, 7) is 3.12. The molecule has 0 aliphatic rings. The molecule has 0 unspecified atom stereocenters. The van der Waals surface area contributed by atoms with E-state index >= 15 is 0 Å². The van der Waals surface area contributed by atoms with E-state index in [1.807, 2.05) is 0 Å². The minimum atomic E-state index is 0.847. The van der Waals surface area contributed by atoms with Gasteiger partial charge in [0.1, 0.15) is 0 Å². The lowest BCUT2D eigenvalue weighted by Gasteiger charge is -2.05. The summed E-state index contributed by atoms with van der Waals surface area (Å²) >= 11 is 0. The Balaban J connectivity index is 2.33. The fourth-order valence-electron chi connectivity index (χ4n) is 1.28. The van der Waals surface area contributed by atoms with Crippen LogP contribution in [0, 0.1) is 12.3 Å². The predicted molar refractivity (Wildman–Crippen MR) is 62.4 cm³/mol. The van der Waals surface area contributed by atoms with Crippen molar-refractivity contribution in [1.82, 2.24) is 0 Å². The molecule has 0 radical (unpaired) electrons. The summed E-state index contributed by atoms with van der Waals surface area (Å²) in [6.07, 6.45) is 8.14. The maximum Gasteiger partial charge on any atom is 0.0340 e. The van der Waals surface area contributed by atoms with E-state index in [1.54, 1.807) is 0 Å². The number of anilines is 1. The Hall–Kier alpha value is -1.42. The highest BCUT2D eigenvalue weighted by Crippen LogP contribution is 2.09. The zero-order valence-electron chi connectivity index (χ0n) is 8.72. The van der Waals surface area contributed by atoms with Crippen LogP contribution in [-0.2, 0) is 6.42 Å². The Kier molecular flexibility index (Phi) is 4.64. The van der Waals surface area contributed by atoms with Gasteiger partial charge in [-0.15, -0.1) is 12.3 Å². The molecule has 1 N–H and O–H groups in total. The first-order valence-electron chi connectivity index (χ1n) is 5.13. The van der Waals surface area contributed by atoms with Crippen LogP contribution in [0.1, 0.15) is 25.3 Å². The SMILES string of the molecule is C#CCCCNc1ccc(CC)cc1. The maximum absolute atomic E-state index is 5.17. The van der Waals surface area contributed by atoms with Gasteiger partial charge in [0.2, 0.25) is 0 Å². The van der Waals surface area contributed by atoms with Crippen molar-refractivity contribution in [1.29, 1.82) is 0 Å². The molecule has 74 valence electrons. The molecule has 0 saturated carbocycles. The van der Waals surface area contributed by atoms with E-state index in [9.17, 15) is 0 Å². The van der Waals surface area contributed by atoms with Crippen LogP contribution in [0.15, 0.2) is 24.3 Å². The first-order chi connectivity index (χ1) is 6.86. The van der Waals surface area contributed by atoms with Crippen molar-refractivity contribution in [2.45, 2.75) is 26.2 Å². The quantitative estimate of drug-likeness (QED) is 0.552. The standard InChI is InChI=1S/C13H17N/c1-3-5-6-11-14-13-9-7-12(4-2)8-10-13/h1,7-10,14H,4-6,11H2,2H3. The van der Waals surface area contributed by atoms with Crippen molar-refractivity contribution in [2.24, 2.45) is 0 Å². The molecule has 1 rings (SSSR count). The van der Waals surface area contributed by atoms with E-state index in [1.165, 1.54) is 11.3 Å². The molecule has 0 aliphatic heterocycles. The van der Waals surface area contributed by atoms with E-state index in [-0.39, 0.29) is 0 Å². The summed E-state index contributed by atoms with van der Waals surface area (Å²) in [4.78, 5) is 0. The van der Waals surface area contributed by atoms with Crippen LogP contribution in [0.25, 0.3) is 0 Å². The van der Waals surface area contributed by atoms with Gasteiger partial charge in [-0.3, -0.25) is 0 Å². The Labute approximate surface area is 86.5 Å². The third kappa shape index (κ3) is 3.53. The fraction of sp³-hybridized carbons (Fsp3) is 0.385. The van der Waals surface area contributed by atoms with Crippen molar-refractivity contribution in [2.75, 3.05) is 11.9 Å². The van der Waals surface area contributed by atoms with E-state index in [4.69, 9.17) is 6.42 Å². The zero-order valence-corrected chi connectivity index (χ0v) is 8.72. The Morgan fingerprint density at radius 3 is 2.57 bits per heavy atom. The minimum Gasteiger partial charge on any atom is -0.385 e. The molecule has 1 heteroatoms. The molecule has 0 bridgehead atoms. The van der Waals surface area contributed by atoms with Crippen LogP contribution in [0.2, 0.25) is 0 Å². The van der Waals surface area contributed by atoms with Gasteiger partial charge < -0.3 is 5.32 Å². The largest absolute Gasteiger partial charge is 0.385 e. The molecule has 0 aliphatic carbocycles.